The van der Waals surface area contributed by atoms with Crippen LogP contribution in [0.3, 0.4) is 0 Å². The predicted molar refractivity (Wildman–Crippen MR) is 81.1 cm³/mol. The number of benzene rings is 2. The summed E-state index contributed by atoms with van der Waals surface area (Å²) in [6.45, 7) is 3.06. The number of aliphatic hydroxyl groups is 1. The van der Waals surface area contributed by atoms with Gasteiger partial charge in [-0.2, -0.15) is 8.42 Å². The Balaban J connectivity index is 2.38. The number of carbonyl (C=O) groups excluding carboxylic acids is 1. The molecule has 1 unspecified atom stereocenters. The number of rotatable bonds is 5. The van der Waals surface area contributed by atoms with E-state index in [4.69, 9.17) is 4.18 Å². The second-order valence-corrected chi connectivity index (χ2v) is 6.45. The predicted octanol–water partition coefficient (Wildman–Crippen LogP) is 2.39. The maximum absolute atomic E-state index is 12.3. The minimum absolute atomic E-state index is 0.00483. The van der Waals surface area contributed by atoms with Crippen molar-refractivity contribution in [1.82, 2.24) is 0 Å². The smallest absolute Gasteiger partial charge is 0.339 e. The number of hydrogen-bond donors (Lipinski definition) is 1. The van der Waals surface area contributed by atoms with Gasteiger partial charge in [0.05, 0.1) is 0 Å². The molecule has 0 aromatic heterocycles. The molecule has 0 saturated heterocycles. The van der Waals surface area contributed by atoms with E-state index in [2.05, 4.69) is 0 Å². The first kappa shape index (κ1) is 16.2. The Kier molecular flexibility index (Phi) is 4.63. The minimum atomic E-state index is -4.03. The standard InChI is InChI=1S/C16H16O5S/c1-11-7-9-13(10-8-11)22(19,20)21-15-6-4-3-5-14(15)16(18)12(2)17/h3-10,16,18H,1-2H3. The molecule has 22 heavy (non-hydrogen) atoms. The number of aliphatic hydroxyl groups excluding tert-OH is 1. The van der Waals surface area contributed by atoms with Crippen LogP contribution in [0, 0.1) is 6.92 Å². The number of hydrogen-bond acceptors (Lipinski definition) is 5. The molecule has 0 spiro atoms. The lowest BCUT2D eigenvalue weighted by Gasteiger charge is -2.14. The third-order valence-corrected chi connectivity index (χ3v) is 4.36. The first-order chi connectivity index (χ1) is 10.3. The molecule has 0 saturated carbocycles. The van der Waals surface area contributed by atoms with Crippen LogP contribution >= 0.6 is 0 Å². The molecule has 0 aliphatic rings. The van der Waals surface area contributed by atoms with Crippen molar-refractivity contribution < 1.29 is 22.5 Å². The second-order valence-electron chi connectivity index (χ2n) is 4.90. The Labute approximate surface area is 129 Å². The number of para-hydroxylation sites is 1. The van der Waals surface area contributed by atoms with E-state index in [0.717, 1.165) is 5.56 Å². The molecule has 2 aromatic carbocycles. The van der Waals surface area contributed by atoms with Crippen molar-refractivity contribution in [1.29, 1.82) is 0 Å². The monoisotopic (exact) mass is 320 g/mol. The highest BCUT2D eigenvalue weighted by molar-refractivity contribution is 7.87. The van der Waals surface area contributed by atoms with E-state index in [-0.39, 0.29) is 16.2 Å². The van der Waals surface area contributed by atoms with Crippen molar-refractivity contribution in [3.05, 3.63) is 59.7 Å². The van der Waals surface area contributed by atoms with Crippen LogP contribution in [0.5, 0.6) is 5.75 Å². The Bertz CT molecular complexity index is 778. The molecule has 0 bridgehead atoms. The molecule has 1 atom stereocenters. The van der Waals surface area contributed by atoms with Gasteiger partial charge in [-0.25, -0.2) is 0 Å². The van der Waals surface area contributed by atoms with Gasteiger partial charge in [0.1, 0.15) is 16.7 Å². The summed E-state index contributed by atoms with van der Waals surface area (Å²) >= 11 is 0. The van der Waals surface area contributed by atoms with Crippen LogP contribution in [0.4, 0.5) is 0 Å². The van der Waals surface area contributed by atoms with E-state index in [1.807, 2.05) is 6.92 Å². The summed E-state index contributed by atoms with van der Waals surface area (Å²) in [7, 11) is -4.03. The molecular weight excluding hydrogens is 304 g/mol. The summed E-state index contributed by atoms with van der Waals surface area (Å²) in [5.74, 6) is -0.561. The highest BCUT2D eigenvalue weighted by Crippen LogP contribution is 2.28. The number of ketones is 1. The van der Waals surface area contributed by atoms with Gasteiger partial charge in [-0.15, -0.1) is 0 Å². The Morgan fingerprint density at radius 1 is 1.09 bits per heavy atom. The molecule has 5 nitrogen and oxygen atoms in total. The summed E-state index contributed by atoms with van der Waals surface area (Å²) < 4.78 is 29.6. The summed E-state index contributed by atoms with van der Waals surface area (Å²) in [5, 5.41) is 9.86. The zero-order valence-electron chi connectivity index (χ0n) is 12.2. The second kappa shape index (κ2) is 6.29. The fourth-order valence-electron chi connectivity index (χ4n) is 1.87. The van der Waals surface area contributed by atoms with Crippen molar-refractivity contribution in [3.8, 4) is 5.75 Å². The zero-order valence-corrected chi connectivity index (χ0v) is 13.0. The SMILES string of the molecule is CC(=O)C(O)c1ccccc1OS(=O)(=O)c1ccc(C)cc1. The Morgan fingerprint density at radius 2 is 1.68 bits per heavy atom. The normalized spacial score (nSPS) is 12.7. The molecule has 0 aliphatic carbocycles. The third-order valence-electron chi connectivity index (χ3n) is 3.11. The first-order valence-electron chi connectivity index (χ1n) is 6.60. The summed E-state index contributed by atoms with van der Waals surface area (Å²) in [4.78, 5) is 11.3. The molecule has 0 fully saturated rings. The highest BCUT2D eigenvalue weighted by atomic mass is 32.2. The van der Waals surface area contributed by atoms with Gasteiger partial charge < -0.3 is 9.29 Å². The molecule has 0 aliphatic heterocycles. The number of carbonyl (C=O) groups is 1. The maximum Gasteiger partial charge on any atom is 0.339 e. The third kappa shape index (κ3) is 3.52. The lowest BCUT2D eigenvalue weighted by molar-refractivity contribution is -0.125. The summed E-state index contributed by atoms with van der Waals surface area (Å²) in [5.41, 5.74) is 1.04. The fraction of sp³-hybridized carbons (Fsp3) is 0.188. The van der Waals surface area contributed by atoms with Crippen molar-refractivity contribution in [2.24, 2.45) is 0 Å². The quantitative estimate of drug-likeness (QED) is 0.856. The van der Waals surface area contributed by atoms with Gasteiger partial charge in [0.25, 0.3) is 0 Å². The molecule has 2 aromatic rings. The zero-order chi connectivity index (χ0) is 16.3. The lowest BCUT2D eigenvalue weighted by Crippen LogP contribution is -2.14. The molecule has 2 rings (SSSR count). The average molecular weight is 320 g/mol. The van der Waals surface area contributed by atoms with E-state index in [0.29, 0.717) is 0 Å². The molecule has 1 N–H and O–H groups in total. The lowest BCUT2D eigenvalue weighted by atomic mass is 10.1. The van der Waals surface area contributed by atoms with Crippen LogP contribution in [-0.2, 0) is 14.9 Å². The van der Waals surface area contributed by atoms with Gasteiger partial charge in [0, 0.05) is 5.56 Å². The summed E-state index contributed by atoms with van der Waals surface area (Å²) in [6, 6.07) is 12.2. The van der Waals surface area contributed by atoms with Gasteiger partial charge in [-0.3, -0.25) is 4.79 Å². The van der Waals surface area contributed by atoms with E-state index in [9.17, 15) is 18.3 Å². The molecule has 116 valence electrons. The first-order valence-corrected chi connectivity index (χ1v) is 8.00. The van der Waals surface area contributed by atoms with E-state index < -0.39 is 22.0 Å². The van der Waals surface area contributed by atoms with Crippen molar-refractivity contribution in [3.63, 3.8) is 0 Å². The fourth-order valence-corrected chi connectivity index (χ4v) is 2.83. The van der Waals surface area contributed by atoms with E-state index in [1.165, 1.54) is 31.2 Å². The van der Waals surface area contributed by atoms with Gasteiger partial charge in [-0.1, -0.05) is 35.9 Å². The van der Waals surface area contributed by atoms with Crippen LogP contribution in [-0.4, -0.2) is 19.3 Å². The van der Waals surface area contributed by atoms with Gasteiger partial charge in [0.15, 0.2) is 5.78 Å². The van der Waals surface area contributed by atoms with Crippen molar-refractivity contribution in [2.75, 3.05) is 0 Å². The average Bonchev–Trinajstić information content (AvgIpc) is 2.47. The van der Waals surface area contributed by atoms with Crippen LogP contribution in [0.15, 0.2) is 53.4 Å². The minimum Gasteiger partial charge on any atom is -0.380 e. The molecule has 6 heteroatoms. The van der Waals surface area contributed by atoms with Crippen LogP contribution < -0.4 is 4.18 Å². The topological polar surface area (TPSA) is 80.7 Å². The molecule has 0 heterocycles. The van der Waals surface area contributed by atoms with Crippen LogP contribution in [0.1, 0.15) is 24.2 Å². The Morgan fingerprint density at radius 3 is 2.27 bits per heavy atom. The maximum atomic E-state index is 12.3. The van der Waals surface area contributed by atoms with Gasteiger partial charge >= 0.3 is 10.1 Å². The van der Waals surface area contributed by atoms with E-state index >= 15 is 0 Å². The number of aryl methyl sites for hydroxylation is 1. The van der Waals surface area contributed by atoms with Crippen LogP contribution in [0.2, 0.25) is 0 Å². The highest BCUT2D eigenvalue weighted by Gasteiger charge is 2.22. The van der Waals surface area contributed by atoms with Gasteiger partial charge in [0.2, 0.25) is 0 Å². The molecule has 0 amide bonds. The number of Topliss-reactive ketones (excluding diaryl/α,β-unsaturated/α-hetero) is 1. The Hall–Kier alpha value is -2.18. The molecule has 0 radical (unpaired) electrons. The van der Waals surface area contributed by atoms with Gasteiger partial charge in [-0.05, 0) is 32.0 Å². The van der Waals surface area contributed by atoms with Crippen molar-refractivity contribution in [2.45, 2.75) is 24.8 Å². The largest absolute Gasteiger partial charge is 0.380 e. The van der Waals surface area contributed by atoms with Crippen LogP contribution in [0.25, 0.3) is 0 Å². The van der Waals surface area contributed by atoms with Crippen molar-refractivity contribution >= 4 is 15.9 Å². The van der Waals surface area contributed by atoms with E-state index in [1.54, 1.807) is 24.3 Å². The summed E-state index contributed by atoms with van der Waals surface area (Å²) in [6.07, 6.45) is -1.43. The molecular formula is C16H16O5S.